The Labute approximate surface area is 315 Å². The fraction of sp³-hybridized carbons (Fsp3) is 0.538. The highest BCUT2D eigenvalue weighted by molar-refractivity contribution is 5.98. The van der Waals surface area contributed by atoms with E-state index in [0.717, 1.165) is 25.9 Å². The van der Waals surface area contributed by atoms with E-state index in [-0.39, 0.29) is 66.2 Å². The summed E-state index contributed by atoms with van der Waals surface area (Å²) < 4.78 is 33.4. The first-order valence-electron chi connectivity index (χ1n) is 18.3. The monoisotopic (exact) mass is 753 g/mol. The fourth-order valence-electron chi connectivity index (χ4n) is 6.12. The lowest BCUT2D eigenvalue weighted by Crippen LogP contribution is -2.42. The number of nitrogens with zero attached hydrogens (tertiary/aromatic N) is 1. The summed E-state index contributed by atoms with van der Waals surface area (Å²) in [5.41, 5.74) is -0.877. The van der Waals surface area contributed by atoms with E-state index in [1.165, 1.54) is 37.3 Å². The number of carbonyl (C=O) groups excluding carboxylic acids is 6. The number of anilines is 1. The molecule has 0 aliphatic carbocycles. The molecule has 1 unspecified atom stereocenters. The second kappa shape index (κ2) is 20.0. The fourth-order valence-corrected chi connectivity index (χ4v) is 6.12. The molecule has 2 fully saturated rings. The average molecular weight is 754 g/mol. The number of rotatable bonds is 15. The van der Waals surface area contributed by atoms with E-state index < -0.39 is 47.7 Å². The van der Waals surface area contributed by atoms with Crippen molar-refractivity contribution in [2.75, 3.05) is 51.3 Å². The summed E-state index contributed by atoms with van der Waals surface area (Å²) in [6.07, 6.45) is 1.65. The zero-order valence-electron chi connectivity index (χ0n) is 31.6. The molecule has 54 heavy (non-hydrogen) atoms. The first-order valence-corrected chi connectivity index (χ1v) is 18.3. The van der Waals surface area contributed by atoms with E-state index in [0.29, 0.717) is 25.9 Å². The van der Waals surface area contributed by atoms with Crippen molar-refractivity contribution in [1.82, 2.24) is 10.2 Å². The average Bonchev–Trinajstić information content (AvgIpc) is 3.12. The largest absolute Gasteiger partial charge is 0.464 e. The molecule has 0 spiro atoms. The van der Waals surface area contributed by atoms with Gasteiger partial charge in [0, 0.05) is 37.7 Å². The van der Waals surface area contributed by atoms with Gasteiger partial charge >= 0.3 is 23.9 Å². The molecule has 15 heteroatoms. The lowest BCUT2D eigenvalue weighted by atomic mass is 9.91. The van der Waals surface area contributed by atoms with Crippen molar-refractivity contribution < 1.29 is 57.2 Å². The molecule has 15 nitrogen and oxygen atoms in total. The molecule has 2 aromatic carbocycles. The van der Waals surface area contributed by atoms with E-state index in [1.54, 1.807) is 44.7 Å². The third kappa shape index (κ3) is 12.9. The quantitative estimate of drug-likeness (QED) is 0.197. The highest BCUT2D eigenvalue weighted by Gasteiger charge is 2.36. The van der Waals surface area contributed by atoms with E-state index in [2.05, 4.69) is 10.6 Å². The lowest BCUT2D eigenvalue weighted by Gasteiger charge is -2.33. The number of carbonyl (C=O) groups is 6. The Kier molecular flexibility index (Phi) is 15.5. The number of piperidine rings is 2. The van der Waals surface area contributed by atoms with Gasteiger partial charge in [0.05, 0.1) is 24.7 Å². The molecular weight excluding hydrogens is 702 g/mol. The van der Waals surface area contributed by atoms with Crippen LogP contribution < -0.4 is 20.1 Å². The predicted octanol–water partition coefficient (Wildman–Crippen LogP) is 3.92. The minimum atomic E-state index is -1.34. The predicted molar refractivity (Wildman–Crippen MR) is 195 cm³/mol. The number of para-hydroxylation sites is 1. The second-order valence-electron chi connectivity index (χ2n) is 14.0. The molecule has 0 aromatic heterocycles. The zero-order valence-corrected chi connectivity index (χ0v) is 31.6. The number of likely N-dealkylation sites (tertiary alicyclic amines) is 1. The molecule has 2 saturated heterocycles. The van der Waals surface area contributed by atoms with Crippen LogP contribution in [0.2, 0.25) is 0 Å². The molecule has 294 valence electrons. The van der Waals surface area contributed by atoms with Crippen LogP contribution in [-0.4, -0.2) is 104 Å². The van der Waals surface area contributed by atoms with Crippen molar-refractivity contribution in [2.45, 2.75) is 90.4 Å². The standard InChI is InChI=1S/C39H51N3O12/c1-6-49-35(46)24-51-27-16-20-42(21-17-27)34(45)22-29(38(48)54-39(3,4)5)36-30(41-33(44)23-50-26-14-18-40-19-15-26)11-9-13-32(36)53-37(47)28-10-7-8-12-31(28)52-25(2)43/h7-13,26-27,29,40H,6,14-24H2,1-5H3,(H,41,44). The van der Waals surface area contributed by atoms with Gasteiger partial charge < -0.3 is 44.0 Å². The van der Waals surface area contributed by atoms with Crippen LogP contribution >= 0.6 is 0 Å². The van der Waals surface area contributed by atoms with Crippen molar-refractivity contribution in [3.8, 4) is 11.5 Å². The van der Waals surface area contributed by atoms with Gasteiger partial charge in [-0.3, -0.25) is 19.2 Å². The van der Waals surface area contributed by atoms with Gasteiger partial charge in [-0.15, -0.1) is 0 Å². The van der Waals surface area contributed by atoms with Gasteiger partial charge in [0.25, 0.3) is 0 Å². The van der Waals surface area contributed by atoms with Crippen LogP contribution in [0.25, 0.3) is 0 Å². The minimum absolute atomic E-state index is 0.0374. The molecule has 1 atom stereocenters. The van der Waals surface area contributed by atoms with Crippen LogP contribution in [0.1, 0.15) is 88.6 Å². The summed E-state index contributed by atoms with van der Waals surface area (Å²) in [7, 11) is 0. The van der Waals surface area contributed by atoms with Crippen LogP contribution in [0, 0.1) is 0 Å². The van der Waals surface area contributed by atoms with E-state index in [9.17, 15) is 28.8 Å². The third-order valence-electron chi connectivity index (χ3n) is 8.60. The van der Waals surface area contributed by atoms with Crippen LogP contribution in [-0.2, 0) is 42.9 Å². The summed E-state index contributed by atoms with van der Waals surface area (Å²) >= 11 is 0. The Hall–Kier alpha value is -4.86. The highest BCUT2D eigenvalue weighted by Crippen LogP contribution is 2.39. The number of hydrogen-bond acceptors (Lipinski definition) is 13. The molecule has 2 aromatic rings. The summed E-state index contributed by atoms with van der Waals surface area (Å²) in [6, 6.07) is 10.5. The highest BCUT2D eigenvalue weighted by atomic mass is 16.6. The number of hydrogen-bond donors (Lipinski definition) is 2. The topological polar surface area (TPSA) is 185 Å². The lowest BCUT2D eigenvalue weighted by molar-refractivity contribution is -0.158. The Morgan fingerprint density at radius 1 is 0.852 bits per heavy atom. The summed E-state index contributed by atoms with van der Waals surface area (Å²) in [5.74, 6) is -5.22. The number of ether oxygens (including phenoxy) is 6. The molecule has 0 radical (unpaired) electrons. The van der Waals surface area contributed by atoms with Gasteiger partial charge in [-0.2, -0.15) is 0 Å². The number of benzene rings is 2. The van der Waals surface area contributed by atoms with Gasteiger partial charge in [-0.05, 0) is 90.7 Å². The third-order valence-corrected chi connectivity index (χ3v) is 8.60. The van der Waals surface area contributed by atoms with Gasteiger partial charge in [0.15, 0.2) is 0 Å². The Morgan fingerprint density at radius 2 is 1.50 bits per heavy atom. The SMILES string of the molecule is CCOC(=O)COC1CCN(C(=O)CC(C(=O)OC(C)(C)C)c2c(NC(=O)COC3CCNCC3)cccc2OC(=O)c2ccccc2OC(C)=O)CC1. The van der Waals surface area contributed by atoms with Gasteiger partial charge in [0.2, 0.25) is 11.8 Å². The van der Waals surface area contributed by atoms with Crippen molar-refractivity contribution in [3.05, 3.63) is 53.6 Å². The Bertz CT molecular complexity index is 1640. The molecule has 0 saturated carbocycles. The normalized spacial score (nSPS) is 15.8. The van der Waals surface area contributed by atoms with E-state index >= 15 is 0 Å². The van der Waals surface area contributed by atoms with Gasteiger partial charge in [0.1, 0.15) is 35.9 Å². The molecule has 2 aliphatic heterocycles. The van der Waals surface area contributed by atoms with Crippen LogP contribution in [0.3, 0.4) is 0 Å². The maximum Gasteiger partial charge on any atom is 0.347 e. The Morgan fingerprint density at radius 3 is 2.17 bits per heavy atom. The van der Waals surface area contributed by atoms with Crippen molar-refractivity contribution >= 4 is 41.4 Å². The van der Waals surface area contributed by atoms with E-state index in [4.69, 9.17) is 28.4 Å². The smallest absolute Gasteiger partial charge is 0.347 e. The van der Waals surface area contributed by atoms with Gasteiger partial charge in [-0.1, -0.05) is 18.2 Å². The van der Waals surface area contributed by atoms with Crippen molar-refractivity contribution in [3.63, 3.8) is 0 Å². The van der Waals surface area contributed by atoms with Crippen LogP contribution in [0.5, 0.6) is 11.5 Å². The molecule has 2 heterocycles. The molecule has 0 bridgehead atoms. The van der Waals surface area contributed by atoms with Crippen LogP contribution in [0.15, 0.2) is 42.5 Å². The molecular formula is C39H51N3O12. The zero-order chi connectivity index (χ0) is 39.3. The molecule has 4 rings (SSSR count). The van der Waals surface area contributed by atoms with Crippen molar-refractivity contribution in [2.24, 2.45) is 0 Å². The number of nitrogens with one attached hydrogen (secondary N) is 2. The van der Waals surface area contributed by atoms with Crippen molar-refractivity contribution in [1.29, 1.82) is 0 Å². The minimum Gasteiger partial charge on any atom is -0.464 e. The Balaban J connectivity index is 1.65. The van der Waals surface area contributed by atoms with Gasteiger partial charge in [-0.25, -0.2) is 9.59 Å². The summed E-state index contributed by atoms with van der Waals surface area (Å²) in [4.78, 5) is 80.2. The second-order valence-corrected chi connectivity index (χ2v) is 14.0. The molecule has 2 N–H and O–H groups in total. The first-order chi connectivity index (χ1) is 25.7. The maximum absolute atomic E-state index is 14.1. The molecule has 2 amide bonds. The maximum atomic E-state index is 14.1. The first kappa shape index (κ1) is 41.9. The van der Waals surface area contributed by atoms with Crippen LogP contribution in [0.4, 0.5) is 5.69 Å². The number of amides is 2. The summed E-state index contributed by atoms with van der Waals surface area (Å²) in [5, 5.41) is 6.05. The summed E-state index contributed by atoms with van der Waals surface area (Å²) in [6.45, 7) is 9.89. The van der Waals surface area contributed by atoms with E-state index in [1.807, 2.05) is 0 Å². The number of esters is 4. The molecule has 2 aliphatic rings.